The molecule has 1 heterocycles. The van der Waals surface area contributed by atoms with Gasteiger partial charge in [-0.2, -0.15) is 0 Å². The van der Waals surface area contributed by atoms with E-state index in [4.69, 9.17) is 4.74 Å². The van der Waals surface area contributed by atoms with Crippen molar-refractivity contribution >= 4 is 22.6 Å². The summed E-state index contributed by atoms with van der Waals surface area (Å²) in [5.74, 6) is -0.471. The van der Waals surface area contributed by atoms with Gasteiger partial charge in [0.2, 0.25) is 0 Å². The summed E-state index contributed by atoms with van der Waals surface area (Å²) in [7, 11) is 0. The van der Waals surface area contributed by atoms with Gasteiger partial charge in [0.25, 0.3) is 0 Å². The van der Waals surface area contributed by atoms with E-state index in [9.17, 15) is 4.79 Å². The normalized spacial score (nSPS) is 10.5. The Bertz CT molecular complexity index is 819. The average Bonchev–Trinajstić information content (AvgIpc) is 2.60. The van der Waals surface area contributed by atoms with Gasteiger partial charge < -0.3 is 10.1 Å². The third kappa shape index (κ3) is 3.29. The molecule has 0 atom stereocenters. The largest absolute Gasteiger partial charge is 0.461 e. The van der Waals surface area contributed by atoms with Crippen molar-refractivity contribution in [3.8, 4) is 0 Å². The number of esters is 1. The summed E-state index contributed by atoms with van der Waals surface area (Å²) in [6, 6.07) is 17.6. The molecule has 0 saturated heterocycles. The lowest BCUT2D eigenvalue weighted by Crippen LogP contribution is -2.13. The molecule has 0 fully saturated rings. The summed E-state index contributed by atoms with van der Waals surface area (Å²) in [6.45, 7) is 2.65. The highest BCUT2D eigenvalue weighted by molar-refractivity contribution is 6.03. The maximum absolute atomic E-state index is 12.2. The van der Waals surface area contributed by atoms with Gasteiger partial charge >= 0.3 is 5.97 Å². The fourth-order valence-electron chi connectivity index (χ4n) is 2.36. The lowest BCUT2D eigenvalue weighted by Gasteiger charge is -2.13. The molecule has 3 aromatic rings. The Morgan fingerprint density at radius 3 is 2.57 bits per heavy atom. The molecular weight excluding hydrogens is 290 g/mol. The molecule has 0 bridgehead atoms. The SMILES string of the molecule is CCOC(=O)c1nnc2ccccc2c1NCc1ccccc1. The minimum atomic E-state index is -0.471. The molecule has 0 spiro atoms. The first-order chi connectivity index (χ1) is 11.3. The summed E-state index contributed by atoms with van der Waals surface area (Å²) in [5, 5.41) is 12.3. The van der Waals surface area contributed by atoms with E-state index >= 15 is 0 Å². The molecule has 0 radical (unpaired) electrons. The molecule has 23 heavy (non-hydrogen) atoms. The van der Waals surface area contributed by atoms with E-state index in [1.165, 1.54) is 0 Å². The van der Waals surface area contributed by atoms with E-state index in [0.29, 0.717) is 18.8 Å². The molecule has 2 aromatic carbocycles. The standard InChI is InChI=1S/C18H17N3O2/c1-2-23-18(22)17-16(19-12-13-8-4-3-5-9-13)14-10-6-7-11-15(14)20-21-17/h3-11H,2,12H2,1H3,(H,19,20). The lowest BCUT2D eigenvalue weighted by molar-refractivity contribution is 0.0519. The van der Waals surface area contributed by atoms with Gasteiger partial charge in [0.05, 0.1) is 17.8 Å². The molecule has 5 nitrogen and oxygen atoms in total. The second kappa shape index (κ2) is 6.87. The van der Waals surface area contributed by atoms with Gasteiger partial charge in [-0.3, -0.25) is 0 Å². The number of aromatic nitrogens is 2. The van der Waals surface area contributed by atoms with Crippen molar-refractivity contribution in [1.82, 2.24) is 10.2 Å². The molecule has 3 rings (SSSR count). The maximum atomic E-state index is 12.2. The zero-order chi connectivity index (χ0) is 16.1. The van der Waals surface area contributed by atoms with Crippen LogP contribution in [0.2, 0.25) is 0 Å². The quantitative estimate of drug-likeness (QED) is 0.732. The molecule has 1 aromatic heterocycles. The number of hydrogen-bond acceptors (Lipinski definition) is 5. The fraction of sp³-hybridized carbons (Fsp3) is 0.167. The number of ether oxygens (including phenoxy) is 1. The van der Waals surface area contributed by atoms with E-state index in [1.54, 1.807) is 6.92 Å². The predicted molar refractivity (Wildman–Crippen MR) is 89.3 cm³/mol. The number of anilines is 1. The van der Waals surface area contributed by atoms with Crippen molar-refractivity contribution in [2.45, 2.75) is 13.5 Å². The molecule has 1 N–H and O–H groups in total. The van der Waals surface area contributed by atoms with Gasteiger partial charge in [0.15, 0.2) is 5.69 Å². The third-order valence-electron chi connectivity index (χ3n) is 3.45. The Kier molecular flexibility index (Phi) is 4.47. The predicted octanol–water partition coefficient (Wildman–Crippen LogP) is 3.42. The van der Waals surface area contributed by atoms with E-state index in [-0.39, 0.29) is 5.69 Å². The number of nitrogens with zero attached hydrogens (tertiary/aromatic N) is 2. The molecule has 0 aliphatic heterocycles. The van der Waals surface area contributed by atoms with E-state index in [2.05, 4.69) is 15.5 Å². The van der Waals surface area contributed by atoms with Gasteiger partial charge in [0.1, 0.15) is 0 Å². The zero-order valence-electron chi connectivity index (χ0n) is 12.8. The Labute approximate surface area is 134 Å². The second-order valence-electron chi connectivity index (χ2n) is 5.00. The highest BCUT2D eigenvalue weighted by Gasteiger charge is 2.18. The Hall–Kier alpha value is -2.95. The summed E-state index contributed by atoms with van der Waals surface area (Å²) >= 11 is 0. The van der Waals surface area contributed by atoms with Crippen LogP contribution in [0.1, 0.15) is 23.0 Å². The van der Waals surface area contributed by atoms with Crippen molar-refractivity contribution in [3.05, 3.63) is 65.9 Å². The number of fused-ring (bicyclic) bond motifs is 1. The van der Waals surface area contributed by atoms with Crippen LogP contribution in [0.15, 0.2) is 54.6 Å². The summed E-state index contributed by atoms with van der Waals surface area (Å²) in [6.07, 6.45) is 0. The zero-order valence-corrected chi connectivity index (χ0v) is 12.8. The topological polar surface area (TPSA) is 64.1 Å². The van der Waals surface area contributed by atoms with Crippen molar-refractivity contribution in [2.75, 3.05) is 11.9 Å². The number of hydrogen-bond donors (Lipinski definition) is 1. The smallest absolute Gasteiger partial charge is 0.361 e. The lowest BCUT2D eigenvalue weighted by atomic mass is 10.1. The molecular formula is C18H17N3O2. The van der Waals surface area contributed by atoms with Crippen molar-refractivity contribution in [1.29, 1.82) is 0 Å². The average molecular weight is 307 g/mol. The summed E-state index contributed by atoms with van der Waals surface area (Å²) < 4.78 is 5.09. The van der Waals surface area contributed by atoms with Crippen LogP contribution in [-0.2, 0) is 11.3 Å². The van der Waals surface area contributed by atoms with Crippen LogP contribution in [0.4, 0.5) is 5.69 Å². The van der Waals surface area contributed by atoms with Crippen molar-refractivity contribution in [2.24, 2.45) is 0 Å². The third-order valence-corrected chi connectivity index (χ3v) is 3.45. The van der Waals surface area contributed by atoms with Gasteiger partial charge in [-0.15, -0.1) is 10.2 Å². The highest BCUT2D eigenvalue weighted by atomic mass is 16.5. The van der Waals surface area contributed by atoms with Crippen LogP contribution in [-0.4, -0.2) is 22.8 Å². The summed E-state index contributed by atoms with van der Waals surface area (Å²) in [4.78, 5) is 12.2. The number of benzene rings is 2. The minimum absolute atomic E-state index is 0.210. The molecule has 5 heteroatoms. The van der Waals surface area contributed by atoms with Crippen molar-refractivity contribution in [3.63, 3.8) is 0 Å². The van der Waals surface area contributed by atoms with Crippen molar-refractivity contribution < 1.29 is 9.53 Å². The van der Waals surface area contributed by atoms with E-state index in [1.807, 2.05) is 54.6 Å². The van der Waals surface area contributed by atoms with Crippen LogP contribution >= 0.6 is 0 Å². The minimum Gasteiger partial charge on any atom is -0.461 e. The fourth-order valence-corrected chi connectivity index (χ4v) is 2.36. The Balaban J connectivity index is 2.00. The first-order valence-electron chi connectivity index (χ1n) is 7.50. The number of nitrogens with one attached hydrogen (secondary N) is 1. The monoisotopic (exact) mass is 307 g/mol. The number of rotatable bonds is 5. The Morgan fingerprint density at radius 2 is 1.78 bits per heavy atom. The molecule has 0 aliphatic carbocycles. The first-order valence-corrected chi connectivity index (χ1v) is 7.50. The molecule has 0 amide bonds. The molecule has 0 aliphatic rings. The van der Waals surface area contributed by atoms with E-state index in [0.717, 1.165) is 16.5 Å². The van der Waals surface area contributed by atoms with Gasteiger partial charge in [-0.05, 0) is 18.6 Å². The number of carbonyl (C=O) groups is 1. The van der Waals surface area contributed by atoms with Crippen LogP contribution in [0, 0.1) is 0 Å². The highest BCUT2D eigenvalue weighted by Crippen LogP contribution is 2.25. The number of carbonyl (C=O) groups excluding carboxylic acids is 1. The van der Waals surface area contributed by atoms with Gasteiger partial charge in [-0.1, -0.05) is 48.5 Å². The maximum Gasteiger partial charge on any atom is 0.361 e. The second-order valence-corrected chi connectivity index (χ2v) is 5.00. The Morgan fingerprint density at radius 1 is 1.04 bits per heavy atom. The van der Waals surface area contributed by atoms with Crippen LogP contribution < -0.4 is 5.32 Å². The first kappa shape index (κ1) is 15.0. The van der Waals surface area contributed by atoms with E-state index < -0.39 is 5.97 Å². The summed E-state index contributed by atoms with van der Waals surface area (Å²) in [5.41, 5.74) is 2.71. The van der Waals surface area contributed by atoms with Gasteiger partial charge in [0, 0.05) is 11.9 Å². The van der Waals surface area contributed by atoms with Crippen LogP contribution in [0.5, 0.6) is 0 Å². The van der Waals surface area contributed by atoms with Gasteiger partial charge in [-0.25, -0.2) is 4.79 Å². The molecule has 116 valence electrons. The van der Waals surface area contributed by atoms with Crippen LogP contribution in [0.25, 0.3) is 10.9 Å². The van der Waals surface area contributed by atoms with Crippen LogP contribution in [0.3, 0.4) is 0 Å². The molecule has 0 unspecified atom stereocenters. The molecule has 0 saturated carbocycles.